The van der Waals surface area contributed by atoms with E-state index in [4.69, 9.17) is 9.15 Å². The number of esters is 1. The number of hydrogen-bond acceptors (Lipinski definition) is 6. The molecule has 144 valence electrons. The van der Waals surface area contributed by atoms with Gasteiger partial charge in [0.05, 0.1) is 36.8 Å². The number of nitrogens with one attached hydrogen (secondary N) is 2. The summed E-state index contributed by atoms with van der Waals surface area (Å²) < 4.78 is 12.0. The number of benzene rings is 1. The van der Waals surface area contributed by atoms with Gasteiger partial charge in [0.1, 0.15) is 11.1 Å². The first kappa shape index (κ1) is 17.8. The molecule has 0 saturated heterocycles. The monoisotopic (exact) mass is 382 g/mol. The Balaban J connectivity index is 1.81. The van der Waals surface area contributed by atoms with Crippen LogP contribution in [-0.2, 0) is 16.1 Å². The Kier molecular flexibility index (Phi) is 4.34. The zero-order valence-corrected chi connectivity index (χ0v) is 15.3. The van der Waals surface area contributed by atoms with Crippen molar-refractivity contribution in [2.45, 2.75) is 26.4 Å². The second-order valence-corrected chi connectivity index (χ2v) is 6.39. The average Bonchev–Trinajstić information content (AvgIpc) is 3.03. The number of allylic oxidation sites excluding steroid dienone is 1. The number of fused-ring (bicyclic) bond motifs is 3. The first-order chi connectivity index (χ1) is 13.5. The molecule has 3 aromatic rings. The molecule has 1 aliphatic heterocycles. The van der Waals surface area contributed by atoms with Crippen LogP contribution < -0.4 is 16.2 Å². The number of nitrogens with zero attached hydrogens (tertiary/aromatic N) is 2. The number of aromatic nitrogens is 2. The van der Waals surface area contributed by atoms with Gasteiger partial charge in [0.2, 0.25) is 5.58 Å². The highest BCUT2D eigenvalue weighted by Gasteiger charge is 2.30. The van der Waals surface area contributed by atoms with E-state index in [1.807, 2.05) is 18.2 Å². The van der Waals surface area contributed by atoms with Crippen molar-refractivity contribution in [3.05, 3.63) is 52.2 Å². The first-order valence-electron chi connectivity index (χ1n) is 8.84. The van der Waals surface area contributed by atoms with Gasteiger partial charge in [-0.25, -0.2) is 14.6 Å². The fourth-order valence-corrected chi connectivity index (χ4v) is 3.30. The van der Waals surface area contributed by atoms with Gasteiger partial charge < -0.3 is 19.8 Å². The summed E-state index contributed by atoms with van der Waals surface area (Å²) in [5.74, 6) is -0.552. The molecule has 0 spiro atoms. The van der Waals surface area contributed by atoms with Crippen molar-refractivity contribution < 1.29 is 18.7 Å². The second-order valence-electron chi connectivity index (χ2n) is 6.39. The summed E-state index contributed by atoms with van der Waals surface area (Å²) in [6.07, 6.45) is 1.38. The molecule has 2 amide bonds. The lowest BCUT2D eigenvalue weighted by Crippen LogP contribution is -2.50. The number of carbonyl (C=O) groups excluding carboxylic acids is 2. The van der Waals surface area contributed by atoms with Crippen molar-refractivity contribution in [3.63, 3.8) is 0 Å². The molecule has 2 aromatic heterocycles. The molecule has 4 rings (SSSR count). The van der Waals surface area contributed by atoms with Crippen molar-refractivity contribution >= 4 is 34.1 Å². The number of hydrogen-bond donors (Lipinski definition) is 2. The predicted octanol–water partition coefficient (Wildman–Crippen LogP) is 1.66. The number of ether oxygens (including phenoxy) is 1. The second kappa shape index (κ2) is 6.84. The summed E-state index contributed by atoms with van der Waals surface area (Å²) in [5.41, 5.74) is 1.30. The molecule has 2 N–H and O–H groups in total. The minimum Gasteiger partial charge on any atom is -0.463 e. The maximum absolute atomic E-state index is 12.9. The van der Waals surface area contributed by atoms with Gasteiger partial charge in [-0.2, -0.15) is 0 Å². The van der Waals surface area contributed by atoms with Crippen LogP contribution in [0.2, 0.25) is 0 Å². The molecule has 1 atom stereocenters. The minimum absolute atomic E-state index is 0.0509. The lowest BCUT2D eigenvalue weighted by molar-refractivity contribution is -0.139. The van der Waals surface area contributed by atoms with Gasteiger partial charge in [0, 0.05) is 5.39 Å². The van der Waals surface area contributed by atoms with Crippen LogP contribution in [0.4, 0.5) is 4.79 Å². The Bertz CT molecular complexity index is 1190. The Morgan fingerprint density at radius 3 is 2.89 bits per heavy atom. The SMILES string of the molecule is CCOC(=O)C1=C(Cn2cnc3c(oc4ccccc43)c2=O)NC(=O)N[C@H]1C. The molecule has 1 aromatic carbocycles. The Morgan fingerprint density at radius 2 is 2.11 bits per heavy atom. The summed E-state index contributed by atoms with van der Waals surface area (Å²) in [4.78, 5) is 41.5. The topological polar surface area (TPSA) is 115 Å². The Hall–Kier alpha value is -3.62. The maximum Gasteiger partial charge on any atom is 0.337 e. The quantitative estimate of drug-likeness (QED) is 0.663. The van der Waals surface area contributed by atoms with Crippen LogP contribution in [0, 0.1) is 0 Å². The van der Waals surface area contributed by atoms with Gasteiger partial charge >= 0.3 is 12.0 Å². The number of urea groups is 1. The van der Waals surface area contributed by atoms with Gasteiger partial charge in [-0.1, -0.05) is 12.1 Å². The smallest absolute Gasteiger partial charge is 0.337 e. The standard InChI is InChI=1S/C19H18N4O5/c1-3-27-18(25)14-10(2)21-19(26)22-12(14)8-23-9-20-15-11-6-4-5-7-13(11)28-16(15)17(23)24/h4-7,9-10H,3,8H2,1-2H3,(H2,21,22,26)/t10-/m0/s1. The highest BCUT2D eigenvalue weighted by atomic mass is 16.5. The maximum atomic E-state index is 12.9. The third-order valence-corrected chi connectivity index (χ3v) is 4.54. The molecule has 0 bridgehead atoms. The summed E-state index contributed by atoms with van der Waals surface area (Å²) in [6.45, 7) is 3.52. The van der Waals surface area contributed by atoms with Crippen molar-refractivity contribution in [1.29, 1.82) is 0 Å². The van der Waals surface area contributed by atoms with E-state index in [9.17, 15) is 14.4 Å². The first-order valence-corrected chi connectivity index (χ1v) is 8.84. The lowest BCUT2D eigenvalue weighted by atomic mass is 10.0. The molecule has 0 fully saturated rings. The van der Waals surface area contributed by atoms with E-state index in [2.05, 4.69) is 15.6 Å². The van der Waals surface area contributed by atoms with Crippen molar-refractivity contribution in [2.75, 3.05) is 6.61 Å². The van der Waals surface area contributed by atoms with E-state index in [1.54, 1.807) is 19.9 Å². The van der Waals surface area contributed by atoms with E-state index in [0.717, 1.165) is 5.39 Å². The normalized spacial score (nSPS) is 16.9. The molecule has 0 radical (unpaired) electrons. The fourth-order valence-electron chi connectivity index (χ4n) is 3.30. The van der Waals surface area contributed by atoms with Crippen LogP contribution in [-0.4, -0.2) is 34.2 Å². The van der Waals surface area contributed by atoms with E-state index >= 15 is 0 Å². The number of furan rings is 1. The summed E-state index contributed by atoms with van der Waals surface area (Å²) >= 11 is 0. The van der Waals surface area contributed by atoms with E-state index in [0.29, 0.717) is 11.1 Å². The lowest BCUT2D eigenvalue weighted by Gasteiger charge is -2.26. The van der Waals surface area contributed by atoms with Crippen molar-refractivity contribution in [1.82, 2.24) is 20.2 Å². The fraction of sp³-hybridized carbons (Fsp3) is 0.263. The predicted molar refractivity (Wildman–Crippen MR) is 101 cm³/mol. The van der Waals surface area contributed by atoms with Gasteiger partial charge in [0.15, 0.2) is 0 Å². The summed E-state index contributed by atoms with van der Waals surface area (Å²) in [7, 11) is 0. The number of rotatable bonds is 4. The van der Waals surface area contributed by atoms with E-state index < -0.39 is 23.6 Å². The van der Waals surface area contributed by atoms with Gasteiger partial charge in [-0.05, 0) is 26.0 Å². The van der Waals surface area contributed by atoms with Gasteiger partial charge in [-0.15, -0.1) is 0 Å². The zero-order chi connectivity index (χ0) is 19.8. The molecule has 3 heterocycles. The molecule has 0 saturated carbocycles. The molecule has 0 aliphatic carbocycles. The van der Waals surface area contributed by atoms with Crippen LogP contribution in [0.3, 0.4) is 0 Å². The summed E-state index contributed by atoms with van der Waals surface area (Å²) in [6, 6.07) is 6.23. The van der Waals surface area contributed by atoms with Gasteiger partial charge in [-0.3, -0.25) is 9.36 Å². The molecule has 9 nitrogen and oxygen atoms in total. The van der Waals surface area contributed by atoms with Crippen LogP contribution in [0.1, 0.15) is 13.8 Å². The molecule has 9 heteroatoms. The number of carbonyl (C=O) groups is 2. The molecule has 0 unspecified atom stereocenters. The van der Waals surface area contributed by atoms with Crippen LogP contribution in [0.5, 0.6) is 0 Å². The average molecular weight is 382 g/mol. The zero-order valence-electron chi connectivity index (χ0n) is 15.3. The van der Waals surface area contributed by atoms with E-state index in [1.165, 1.54) is 10.9 Å². The molecule has 28 heavy (non-hydrogen) atoms. The number of para-hydroxylation sites is 1. The minimum atomic E-state index is -0.554. The highest BCUT2D eigenvalue weighted by molar-refractivity contribution is 6.01. The molecular formula is C19H18N4O5. The van der Waals surface area contributed by atoms with Crippen LogP contribution in [0.15, 0.2) is 51.1 Å². The van der Waals surface area contributed by atoms with E-state index in [-0.39, 0.29) is 30.0 Å². The Labute approximate surface area is 159 Å². The summed E-state index contributed by atoms with van der Waals surface area (Å²) in [5, 5.41) is 5.96. The third kappa shape index (κ3) is 2.90. The largest absolute Gasteiger partial charge is 0.463 e. The van der Waals surface area contributed by atoms with Crippen LogP contribution in [0.25, 0.3) is 22.1 Å². The van der Waals surface area contributed by atoms with Gasteiger partial charge in [0.25, 0.3) is 5.56 Å². The number of amides is 2. The molecule has 1 aliphatic rings. The van der Waals surface area contributed by atoms with Crippen LogP contribution >= 0.6 is 0 Å². The van der Waals surface area contributed by atoms with Crippen molar-refractivity contribution in [2.24, 2.45) is 0 Å². The molecular weight excluding hydrogens is 364 g/mol. The third-order valence-electron chi connectivity index (χ3n) is 4.54. The Morgan fingerprint density at radius 1 is 1.32 bits per heavy atom. The highest BCUT2D eigenvalue weighted by Crippen LogP contribution is 2.24. The van der Waals surface area contributed by atoms with Crippen molar-refractivity contribution in [3.8, 4) is 0 Å².